The zero-order chi connectivity index (χ0) is 18.7. The Hall–Kier alpha value is -2.36. The van der Waals surface area contributed by atoms with E-state index in [0.29, 0.717) is 16.4 Å². The van der Waals surface area contributed by atoms with Gasteiger partial charge < -0.3 is 0 Å². The number of hydrogen-bond donors (Lipinski definition) is 0. The molecule has 1 aliphatic heterocycles. The first kappa shape index (κ1) is 18.4. The number of carbonyl (C=O) groups is 1. The number of amidine groups is 1. The van der Waals surface area contributed by atoms with Crippen molar-refractivity contribution in [3.8, 4) is 6.07 Å². The van der Waals surface area contributed by atoms with E-state index in [4.69, 9.17) is 0 Å². The normalized spacial score (nSPS) is 19.5. The summed E-state index contributed by atoms with van der Waals surface area (Å²) in [6.45, 7) is 1.96. The number of aliphatic imine (C=N–C) groups is 2. The van der Waals surface area contributed by atoms with Crippen molar-refractivity contribution in [3.63, 3.8) is 0 Å². The van der Waals surface area contributed by atoms with Gasteiger partial charge in [0.25, 0.3) is 5.91 Å². The molecule has 0 aromatic heterocycles. The fourth-order valence-corrected chi connectivity index (χ4v) is 3.90. The van der Waals surface area contributed by atoms with E-state index in [9.17, 15) is 10.1 Å². The van der Waals surface area contributed by atoms with Crippen LogP contribution in [0.25, 0.3) is 0 Å². The number of rotatable bonds is 3. The number of aryl methyl sites for hydroxylation is 1. The first-order chi connectivity index (χ1) is 12.5. The molecule has 2 aromatic rings. The third-order valence-electron chi connectivity index (χ3n) is 4.25. The Morgan fingerprint density at radius 2 is 1.62 bits per heavy atom. The van der Waals surface area contributed by atoms with Crippen LogP contribution >= 0.6 is 23.5 Å². The molecule has 0 fully saturated rings. The zero-order valence-corrected chi connectivity index (χ0v) is 16.3. The number of benzene rings is 2. The van der Waals surface area contributed by atoms with E-state index in [-0.39, 0.29) is 0 Å². The molecule has 4 nitrogen and oxygen atoms in total. The fraction of sp³-hybridized carbons (Fsp3) is 0.200. The van der Waals surface area contributed by atoms with E-state index >= 15 is 0 Å². The minimum absolute atomic E-state index is 0.352. The number of nitriles is 1. The standard InChI is InChI=1S/C20H17N3OS2/c1-13-4-8-15(9-5-13)20(12-21)18(24)22-17(23-19(20)26-3)14-6-10-16(25-2)11-7-14/h4-11H,1-3H3. The Bertz CT molecular complexity index is 941. The molecule has 3 rings (SSSR count). The molecule has 2 aromatic carbocycles. The Morgan fingerprint density at radius 3 is 2.15 bits per heavy atom. The lowest BCUT2D eigenvalue weighted by molar-refractivity contribution is -0.119. The summed E-state index contributed by atoms with van der Waals surface area (Å²) in [6, 6.07) is 17.3. The maximum atomic E-state index is 13.0. The van der Waals surface area contributed by atoms with Gasteiger partial charge in [-0.3, -0.25) is 4.79 Å². The van der Waals surface area contributed by atoms with Crippen molar-refractivity contribution in [3.05, 3.63) is 65.2 Å². The molecule has 0 spiro atoms. The maximum absolute atomic E-state index is 13.0. The minimum atomic E-state index is -1.48. The van der Waals surface area contributed by atoms with E-state index in [0.717, 1.165) is 16.0 Å². The molecule has 1 amide bonds. The number of carbonyl (C=O) groups excluding carboxylic acids is 1. The van der Waals surface area contributed by atoms with Crippen LogP contribution in [0, 0.1) is 18.3 Å². The molecule has 6 heteroatoms. The van der Waals surface area contributed by atoms with Crippen LogP contribution in [0.15, 0.2) is 63.4 Å². The smallest absolute Gasteiger partial charge is 0.270 e. The molecule has 1 heterocycles. The average Bonchev–Trinajstić information content (AvgIpc) is 2.68. The van der Waals surface area contributed by atoms with E-state index in [1.165, 1.54) is 11.8 Å². The first-order valence-corrected chi connectivity index (χ1v) is 10.4. The van der Waals surface area contributed by atoms with Crippen molar-refractivity contribution in [1.29, 1.82) is 5.26 Å². The number of nitrogens with zero attached hydrogens (tertiary/aromatic N) is 3. The largest absolute Gasteiger partial charge is 0.279 e. The van der Waals surface area contributed by atoms with Gasteiger partial charge in [-0.15, -0.1) is 23.5 Å². The maximum Gasteiger partial charge on any atom is 0.279 e. The summed E-state index contributed by atoms with van der Waals surface area (Å²) >= 11 is 2.95. The van der Waals surface area contributed by atoms with Crippen LogP contribution < -0.4 is 0 Å². The molecular formula is C20H17N3OS2. The molecular weight excluding hydrogens is 362 g/mol. The number of thioether (sulfide) groups is 2. The Labute approximate surface area is 161 Å². The van der Waals surface area contributed by atoms with Gasteiger partial charge >= 0.3 is 0 Å². The molecule has 1 aliphatic rings. The molecule has 130 valence electrons. The van der Waals surface area contributed by atoms with Crippen LogP contribution in [-0.2, 0) is 10.2 Å². The lowest BCUT2D eigenvalue weighted by Gasteiger charge is -2.27. The Morgan fingerprint density at radius 1 is 0.962 bits per heavy atom. The Kier molecular flexibility index (Phi) is 5.30. The van der Waals surface area contributed by atoms with Gasteiger partial charge in [0.15, 0.2) is 5.84 Å². The van der Waals surface area contributed by atoms with Gasteiger partial charge in [0, 0.05) is 10.5 Å². The summed E-state index contributed by atoms with van der Waals surface area (Å²) in [6.07, 6.45) is 3.83. The van der Waals surface area contributed by atoms with Crippen molar-refractivity contribution in [1.82, 2.24) is 0 Å². The van der Waals surface area contributed by atoms with Crippen LogP contribution in [0.2, 0.25) is 0 Å². The summed E-state index contributed by atoms with van der Waals surface area (Å²) in [4.78, 5) is 22.9. The highest BCUT2D eigenvalue weighted by atomic mass is 32.2. The molecule has 0 aliphatic carbocycles. The van der Waals surface area contributed by atoms with Crippen molar-refractivity contribution in [2.75, 3.05) is 12.5 Å². The highest BCUT2D eigenvalue weighted by Gasteiger charge is 2.48. The third-order valence-corrected chi connectivity index (χ3v) is 5.78. The third kappa shape index (κ3) is 3.09. The predicted octanol–water partition coefficient (Wildman–Crippen LogP) is 4.23. The van der Waals surface area contributed by atoms with Gasteiger partial charge in [0.05, 0.1) is 6.07 Å². The molecule has 0 saturated heterocycles. The fourth-order valence-electron chi connectivity index (χ4n) is 2.76. The Balaban J connectivity index is 2.10. The van der Waals surface area contributed by atoms with E-state index in [2.05, 4.69) is 16.1 Å². The molecule has 0 bridgehead atoms. The average molecular weight is 380 g/mol. The molecule has 26 heavy (non-hydrogen) atoms. The second-order valence-electron chi connectivity index (χ2n) is 5.82. The lowest BCUT2D eigenvalue weighted by atomic mass is 9.81. The van der Waals surface area contributed by atoms with Gasteiger partial charge in [-0.05, 0) is 37.1 Å². The van der Waals surface area contributed by atoms with Crippen LogP contribution in [0.3, 0.4) is 0 Å². The van der Waals surface area contributed by atoms with E-state index in [1.807, 2.05) is 55.8 Å². The summed E-state index contributed by atoms with van der Waals surface area (Å²) in [5, 5.41) is 10.4. The summed E-state index contributed by atoms with van der Waals surface area (Å²) < 4.78 is 0. The van der Waals surface area contributed by atoms with Crippen molar-refractivity contribution in [2.24, 2.45) is 9.98 Å². The van der Waals surface area contributed by atoms with Crippen molar-refractivity contribution in [2.45, 2.75) is 17.2 Å². The van der Waals surface area contributed by atoms with Crippen LogP contribution in [0.4, 0.5) is 0 Å². The molecule has 0 N–H and O–H groups in total. The first-order valence-electron chi connectivity index (χ1n) is 7.94. The lowest BCUT2D eigenvalue weighted by Crippen LogP contribution is -2.43. The van der Waals surface area contributed by atoms with Gasteiger partial charge in [-0.2, -0.15) is 10.3 Å². The predicted molar refractivity (Wildman–Crippen MR) is 109 cm³/mol. The highest BCUT2D eigenvalue weighted by molar-refractivity contribution is 8.13. The molecule has 1 atom stereocenters. The molecule has 1 unspecified atom stereocenters. The zero-order valence-electron chi connectivity index (χ0n) is 14.7. The summed E-state index contributed by atoms with van der Waals surface area (Å²) in [7, 11) is 0. The monoisotopic (exact) mass is 379 g/mol. The van der Waals surface area contributed by atoms with E-state index < -0.39 is 11.3 Å². The summed E-state index contributed by atoms with van der Waals surface area (Å²) in [5.74, 6) is -0.142. The quantitative estimate of drug-likeness (QED) is 0.749. The molecule has 0 saturated carbocycles. The van der Waals surface area contributed by atoms with Gasteiger partial charge in [0.1, 0.15) is 5.04 Å². The number of hydrogen-bond acceptors (Lipinski definition) is 5. The summed E-state index contributed by atoms with van der Waals surface area (Å²) in [5.41, 5.74) is 0.948. The topological polar surface area (TPSA) is 65.6 Å². The van der Waals surface area contributed by atoms with Crippen LogP contribution in [0.1, 0.15) is 16.7 Å². The van der Waals surface area contributed by atoms with Crippen LogP contribution in [0.5, 0.6) is 0 Å². The highest BCUT2D eigenvalue weighted by Crippen LogP contribution is 2.35. The van der Waals surface area contributed by atoms with Crippen molar-refractivity contribution < 1.29 is 4.79 Å². The second-order valence-corrected chi connectivity index (χ2v) is 7.49. The van der Waals surface area contributed by atoms with Crippen LogP contribution in [-0.4, -0.2) is 29.3 Å². The second kappa shape index (κ2) is 7.48. The SMILES string of the molecule is CSC1=NC(c2ccc(SC)cc2)=NC(=O)C1(C#N)c1ccc(C)cc1. The van der Waals surface area contributed by atoms with Crippen molar-refractivity contribution >= 4 is 40.3 Å². The van der Waals surface area contributed by atoms with Gasteiger partial charge in [-0.25, -0.2) is 4.99 Å². The van der Waals surface area contributed by atoms with Gasteiger partial charge in [-0.1, -0.05) is 42.0 Å². The van der Waals surface area contributed by atoms with E-state index in [1.54, 1.807) is 23.9 Å². The van der Waals surface area contributed by atoms with Gasteiger partial charge in [0.2, 0.25) is 5.41 Å². The number of amides is 1. The minimum Gasteiger partial charge on any atom is -0.270 e. The molecule has 0 radical (unpaired) electrons.